The first-order valence-electron chi connectivity index (χ1n) is 6.55. The molecule has 2 heterocycles. The highest BCUT2D eigenvalue weighted by molar-refractivity contribution is 6.31. The molecule has 3 aromatic rings. The Morgan fingerprint density at radius 3 is 2.59 bits per heavy atom. The summed E-state index contributed by atoms with van der Waals surface area (Å²) in [5.41, 5.74) is 2.26. The molecule has 3 rings (SSSR count). The lowest BCUT2D eigenvalue weighted by molar-refractivity contribution is 0.355. The van der Waals surface area contributed by atoms with E-state index >= 15 is 0 Å². The average Bonchev–Trinajstić information content (AvgIpc) is 2.96. The number of hydrogen-bond donors (Lipinski definition) is 1. The van der Waals surface area contributed by atoms with Crippen LogP contribution in [0.3, 0.4) is 0 Å². The molecule has 0 unspecified atom stereocenters. The average molecular weight is 320 g/mol. The molecule has 0 saturated carbocycles. The normalized spacial score (nSPS) is 10.9. The van der Waals surface area contributed by atoms with E-state index in [1.807, 2.05) is 12.1 Å². The van der Waals surface area contributed by atoms with Gasteiger partial charge in [0.15, 0.2) is 17.1 Å². The predicted molar refractivity (Wildman–Crippen MR) is 84.1 cm³/mol. The molecule has 0 radical (unpaired) electrons. The Morgan fingerprint density at radius 2 is 1.91 bits per heavy atom. The van der Waals surface area contributed by atoms with Crippen molar-refractivity contribution in [1.29, 1.82) is 0 Å². The SMILES string of the molecule is COc1ccc(-c2cc3nc(C)c(Cl)c(=O)n3[nH]2)cc1OC. The van der Waals surface area contributed by atoms with Gasteiger partial charge in [-0.3, -0.25) is 9.89 Å². The van der Waals surface area contributed by atoms with Crippen LogP contribution in [0.4, 0.5) is 0 Å². The third kappa shape index (κ3) is 2.21. The van der Waals surface area contributed by atoms with Gasteiger partial charge in [0.2, 0.25) is 0 Å². The molecule has 0 aliphatic rings. The van der Waals surface area contributed by atoms with Crippen molar-refractivity contribution in [2.45, 2.75) is 6.92 Å². The summed E-state index contributed by atoms with van der Waals surface area (Å²) in [6.07, 6.45) is 0. The fourth-order valence-corrected chi connectivity index (χ4v) is 2.39. The van der Waals surface area contributed by atoms with Crippen molar-refractivity contribution < 1.29 is 9.47 Å². The summed E-state index contributed by atoms with van der Waals surface area (Å²) >= 11 is 5.95. The van der Waals surface area contributed by atoms with Crippen molar-refractivity contribution in [2.75, 3.05) is 14.2 Å². The van der Waals surface area contributed by atoms with E-state index in [-0.39, 0.29) is 10.6 Å². The van der Waals surface area contributed by atoms with Crippen LogP contribution < -0.4 is 15.0 Å². The minimum Gasteiger partial charge on any atom is -0.493 e. The Bertz CT molecular complexity index is 914. The van der Waals surface area contributed by atoms with Gasteiger partial charge in [-0.1, -0.05) is 11.6 Å². The van der Waals surface area contributed by atoms with E-state index in [2.05, 4.69) is 10.1 Å². The van der Waals surface area contributed by atoms with Gasteiger partial charge in [-0.2, -0.15) is 4.52 Å². The molecule has 0 amide bonds. The Kier molecular flexibility index (Phi) is 3.54. The minimum atomic E-state index is -0.323. The molecule has 0 atom stereocenters. The van der Waals surface area contributed by atoms with Crippen molar-refractivity contribution in [2.24, 2.45) is 0 Å². The van der Waals surface area contributed by atoms with Crippen LogP contribution in [-0.2, 0) is 0 Å². The quantitative estimate of drug-likeness (QED) is 0.806. The third-order valence-electron chi connectivity index (χ3n) is 3.42. The Balaban J connectivity index is 2.19. The Labute approximate surface area is 131 Å². The first kappa shape index (κ1) is 14.5. The molecule has 1 N–H and O–H groups in total. The topological polar surface area (TPSA) is 68.6 Å². The number of H-pyrrole nitrogens is 1. The predicted octanol–water partition coefficient (Wildman–Crippen LogP) is 2.67. The second-order valence-electron chi connectivity index (χ2n) is 4.75. The molecule has 0 aliphatic heterocycles. The Morgan fingerprint density at radius 1 is 1.18 bits per heavy atom. The lowest BCUT2D eigenvalue weighted by atomic mass is 10.1. The lowest BCUT2D eigenvalue weighted by Crippen LogP contribution is -2.16. The molecule has 114 valence electrons. The van der Waals surface area contributed by atoms with Gasteiger partial charge in [0.1, 0.15) is 5.02 Å². The van der Waals surface area contributed by atoms with Crippen LogP contribution in [-0.4, -0.2) is 28.8 Å². The standard InChI is InChI=1S/C15H14ClN3O3/c1-8-14(16)15(20)19-13(17-8)7-10(18-19)9-4-5-11(21-2)12(6-9)22-3/h4-7,18H,1-3H3. The maximum absolute atomic E-state index is 12.1. The smallest absolute Gasteiger partial charge is 0.291 e. The van der Waals surface area contributed by atoms with E-state index in [1.54, 1.807) is 33.3 Å². The number of hydrogen-bond acceptors (Lipinski definition) is 4. The number of ether oxygens (including phenoxy) is 2. The van der Waals surface area contributed by atoms with Gasteiger partial charge in [0.05, 0.1) is 25.6 Å². The number of methoxy groups -OCH3 is 2. The van der Waals surface area contributed by atoms with Crippen molar-refractivity contribution in [1.82, 2.24) is 14.6 Å². The van der Waals surface area contributed by atoms with E-state index in [9.17, 15) is 4.79 Å². The van der Waals surface area contributed by atoms with Crippen molar-refractivity contribution in [3.05, 3.63) is 45.3 Å². The largest absolute Gasteiger partial charge is 0.493 e. The zero-order chi connectivity index (χ0) is 15.9. The van der Waals surface area contributed by atoms with E-state index in [0.29, 0.717) is 22.8 Å². The monoisotopic (exact) mass is 319 g/mol. The number of aryl methyl sites for hydroxylation is 1. The fraction of sp³-hybridized carbons (Fsp3) is 0.200. The number of aromatic nitrogens is 3. The van der Waals surface area contributed by atoms with E-state index in [1.165, 1.54) is 4.52 Å². The van der Waals surface area contributed by atoms with Gasteiger partial charge in [0.25, 0.3) is 5.56 Å². The van der Waals surface area contributed by atoms with Crippen LogP contribution in [0, 0.1) is 6.92 Å². The van der Waals surface area contributed by atoms with Crippen molar-refractivity contribution in [3.63, 3.8) is 0 Å². The van der Waals surface area contributed by atoms with Crippen LogP contribution in [0.1, 0.15) is 5.69 Å². The van der Waals surface area contributed by atoms with Gasteiger partial charge >= 0.3 is 0 Å². The molecule has 0 fully saturated rings. The molecule has 1 aromatic carbocycles. The summed E-state index contributed by atoms with van der Waals surface area (Å²) < 4.78 is 11.8. The number of nitrogens with one attached hydrogen (secondary N) is 1. The van der Waals surface area contributed by atoms with Gasteiger partial charge in [-0.25, -0.2) is 4.98 Å². The van der Waals surface area contributed by atoms with Crippen LogP contribution in [0.5, 0.6) is 11.5 Å². The number of fused-ring (bicyclic) bond motifs is 1. The molecule has 0 aliphatic carbocycles. The van der Waals surface area contributed by atoms with Gasteiger partial charge < -0.3 is 9.47 Å². The van der Waals surface area contributed by atoms with Gasteiger partial charge in [-0.15, -0.1) is 0 Å². The molecule has 0 bridgehead atoms. The summed E-state index contributed by atoms with van der Waals surface area (Å²) in [5.74, 6) is 1.24. The summed E-state index contributed by atoms with van der Waals surface area (Å²) in [7, 11) is 3.15. The first-order valence-corrected chi connectivity index (χ1v) is 6.93. The van der Waals surface area contributed by atoms with Crippen LogP contribution in [0.15, 0.2) is 29.1 Å². The maximum atomic E-state index is 12.1. The van der Waals surface area contributed by atoms with E-state index in [4.69, 9.17) is 21.1 Å². The van der Waals surface area contributed by atoms with Gasteiger partial charge in [-0.05, 0) is 25.1 Å². The maximum Gasteiger partial charge on any atom is 0.291 e. The van der Waals surface area contributed by atoms with Crippen molar-refractivity contribution in [3.8, 4) is 22.8 Å². The molecule has 22 heavy (non-hydrogen) atoms. The summed E-state index contributed by atoms with van der Waals surface area (Å²) in [5, 5.41) is 3.11. The second kappa shape index (κ2) is 5.38. The molecular formula is C15H14ClN3O3. The molecule has 7 heteroatoms. The van der Waals surface area contributed by atoms with Gasteiger partial charge in [0, 0.05) is 11.6 Å². The lowest BCUT2D eigenvalue weighted by Gasteiger charge is -2.08. The zero-order valence-electron chi connectivity index (χ0n) is 12.3. The molecule has 0 saturated heterocycles. The number of halogens is 1. The zero-order valence-corrected chi connectivity index (χ0v) is 13.1. The van der Waals surface area contributed by atoms with Crippen LogP contribution in [0.25, 0.3) is 16.9 Å². The Hall–Kier alpha value is -2.47. The summed E-state index contributed by atoms with van der Waals surface area (Å²) in [6.45, 7) is 1.70. The molecule has 0 spiro atoms. The highest BCUT2D eigenvalue weighted by Gasteiger charge is 2.12. The van der Waals surface area contributed by atoms with Crippen LogP contribution >= 0.6 is 11.6 Å². The number of aromatic amines is 1. The summed E-state index contributed by atoms with van der Waals surface area (Å²) in [4.78, 5) is 16.4. The second-order valence-corrected chi connectivity index (χ2v) is 5.13. The van der Waals surface area contributed by atoms with E-state index < -0.39 is 0 Å². The number of benzene rings is 1. The third-order valence-corrected chi connectivity index (χ3v) is 3.86. The summed E-state index contributed by atoms with van der Waals surface area (Å²) in [6, 6.07) is 7.27. The highest BCUT2D eigenvalue weighted by Crippen LogP contribution is 2.31. The van der Waals surface area contributed by atoms with Crippen molar-refractivity contribution >= 4 is 17.2 Å². The number of nitrogens with zero attached hydrogens (tertiary/aromatic N) is 2. The minimum absolute atomic E-state index is 0.109. The fourth-order valence-electron chi connectivity index (χ4n) is 2.27. The van der Waals surface area contributed by atoms with E-state index in [0.717, 1.165) is 11.3 Å². The van der Waals surface area contributed by atoms with Crippen LogP contribution in [0.2, 0.25) is 5.02 Å². The molecule has 2 aromatic heterocycles. The molecular weight excluding hydrogens is 306 g/mol. The molecule has 6 nitrogen and oxygen atoms in total. The highest BCUT2D eigenvalue weighted by atomic mass is 35.5. The first-order chi connectivity index (χ1) is 10.5. The number of rotatable bonds is 3.